The van der Waals surface area contributed by atoms with Crippen LogP contribution in [0.5, 0.6) is 0 Å². The molecule has 0 unspecified atom stereocenters. The third kappa shape index (κ3) is 2.92. The summed E-state index contributed by atoms with van der Waals surface area (Å²) < 4.78 is 0. The molecule has 3 aromatic rings. The minimum Gasteiger partial charge on any atom is -0.233 e. The number of halogens is 2. The maximum atomic E-state index is 6.02. The van der Waals surface area contributed by atoms with Crippen LogP contribution in [0.25, 0.3) is 22.4 Å². The van der Waals surface area contributed by atoms with Crippen molar-refractivity contribution in [1.82, 2.24) is 9.97 Å². The van der Waals surface area contributed by atoms with Gasteiger partial charge in [0.25, 0.3) is 0 Å². The van der Waals surface area contributed by atoms with Gasteiger partial charge in [0.1, 0.15) is 0 Å². The Hall–Kier alpha value is -1.90. The summed E-state index contributed by atoms with van der Waals surface area (Å²) in [4.78, 5) is 8.35. The Morgan fingerprint density at radius 3 is 2.33 bits per heavy atom. The van der Waals surface area contributed by atoms with E-state index in [1.807, 2.05) is 49.4 Å². The van der Waals surface area contributed by atoms with Gasteiger partial charge in [-0.05, 0) is 42.3 Å². The number of nitrogens with zero attached hydrogens (tertiary/aromatic N) is 2. The Labute approximate surface area is 133 Å². The van der Waals surface area contributed by atoms with Crippen molar-refractivity contribution in [2.45, 2.75) is 6.92 Å². The maximum Gasteiger partial charge on any atom is 0.198 e. The molecule has 1 heterocycles. The Bertz CT molecular complexity index is 783. The van der Waals surface area contributed by atoms with Crippen LogP contribution in [0.2, 0.25) is 10.0 Å². The van der Waals surface area contributed by atoms with Gasteiger partial charge in [-0.15, -0.1) is 0 Å². The van der Waals surface area contributed by atoms with Gasteiger partial charge in [0.05, 0.1) is 5.69 Å². The minimum absolute atomic E-state index is 0.700. The van der Waals surface area contributed by atoms with E-state index < -0.39 is 0 Å². The van der Waals surface area contributed by atoms with Gasteiger partial charge in [0.2, 0.25) is 0 Å². The molecule has 1 radical (unpaired) electrons. The fourth-order valence-electron chi connectivity index (χ4n) is 2.23. The molecule has 21 heavy (non-hydrogen) atoms. The molecule has 0 saturated carbocycles. The van der Waals surface area contributed by atoms with Gasteiger partial charge in [0.15, 0.2) is 6.33 Å². The van der Waals surface area contributed by atoms with Crippen LogP contribution < -0.4 is 0 Å². The van der Waals surface area contributed by atoms with Crippen molar-refractivity contribution < 1.29 is 0 Å². The highest BCUT2D eigenvalue weighted by Crippen LogP contribution is 2.32. The summed E-state index contributed by atoms with van der Waals surface area (Å²) in [6.07, 6.45) is 4.43. The maximum absolute atomic E-state index is 6.02. The molecule has 0 bridgehead atoms. The predicted octanol–water partition coefficient (Wildman–Crippen LogP) is 5.23. The highest BCUT2D eigenvalue weighted by molar-refractivity contribution is 6.31. The van der Waals surface area contributed by atoms with E-state index in [4.69, 9.17) is 23.2 Å². The summed E-state index contributed by atoms with van der Waals surface area (Å²) >= 11 is 12.0. The van der Waals surface area contributed by atoms with E-state index in [1.54, 1.807) is 6.20 Å². The van der Waals surface area contributed by atoms with Crippen LogP contribution in [-0.2, 0) is 0 Å². The molecule has 0 aliphatic rings. The number of benzene rings is 2. The summed E-state index contributed by atoms with van der Waals surface area (Å²) in [6.45, 7) is 2.01. The predicted molar refractivity (Wildman–Crippen MR) is 86.5 cm³/mol. The van der Waals surface area contributed by atoms with Crippen molar-refractivity contribution in [3.8, 4) is 22.4 Å². The fraction of sp³-hybridized carbons (Fsp3) is 0.0588. The van der Waals surface area contributed by atoms with Gasteiger partial charge >= 0.3 is 0 Å². The van der Waals surface area contributed by atoms with Crippen LogP contribution in [0.4, 0.5) is 0 Å². The van der Waals surface area contributed by atoms with E-state index >= 15 is 0 Å². The topological polar surface area (TPSA) is 25.8 Å². The largest absolute Gasteiger partial charge is 0.233 e. The molecule has 0 N–H and O–H groups in total. The van der Waals surface area contributed by atoms with Gasteiger partial charge in [-0.1, -0.05) is 41.4 Å². The van der Waals surface area contributed by atoms with Crippen molar-refractivity contribution in [1.29, 1.82) is 0 Å². The van der Waals surface area contributed by atoms with E-state index in [9.17, 15) is 0 Å². The molecule has 2 aromatic carbocycles. The van der Waals surface area contributed by atoms with Crippen LogP contribution in [0, 0.1) is 13.3 Å². The Morgan fingerprint density at radius 1 is 0.905 bits per heavy atom. The molecule has 3 rings (SSSR count). The molecule has 0 fully saturated rings. The lowest BCUT2D eigenvalue weighted by Crippen LogP contribution is -1.93. The average molecular weight is 314 g/mol. The molecule has 0 spiro atoms. The molecule has 0 amide bonds. The molecular weight excluding hydrogens is 303 g/mol. The summed E-state index contributed by atoms with van der Waals surface area (Å²) in [7, 11) is 0. The van der Waals surface area contributed by atoms with Crippen LogP contribution in [0.15, 0.2) is 48.7 Å². The molecule has 0 atom stereocenters. The van der Waals surface area contributed by atoms with Crippen molar-refractivity contribution in [3.63, 3.8) is 0 Å². The zero-order valence-electron chi connectivity index (χ0n) is 11.3. The number of rotatable bonds is 2. The molecule has 0 aliphatic heterocycles. The second-order valence-corrected chi connectivity index (χ2v) is 5.57. The molecule has 4 heteroatoms. The standard InChI is InChI=1S/C17H11Cl2N2/c1-11-8-14(19)6-7-15(11)17-16(9-20-10-21-17)12-2-4-13(18)5-3-12/h2-9H,1H3. The van der Waals surface area contributed by atoms with Crippen LogP contribution in [0.1, 0.15) is 5.56 Å². The second kappa shape index (κ2) is 5.84. The quantitative estimate of drug-likeness (QED) is 0.647. The summed E-state index contributed by atoms with van der Waals surface area (Å²) in [6, 6.07) is 13.4. The number of hydrogen-bond donors (Lipinski definition) is 0. The third-order valence-corrected chi connectivity index (χ3v) is 3.75. The van der Waals surface area contributed by atoms with Crippen LogP contribution >= 0.6 is 23.2 Å². The Balaban J connectivity index is 2.18. The van der Waals surface area contributed by atoms with Crippen molar-refractivity contribution in [2.75, 3.05) is 0 Å². The van der Waals surface area contributed by atoms with Crippen LogP contribution in [0.3, 0.4) is 0 Å². The highest BCUT2D eigenvalue weighted by Gasteiger charge is 2.11. The average Bonchev–Trinajstić information content (AvgIpc) is 2.48. The molecular formula is C17H11Cl2N2. The summed E-state index contributed by atoms with van der Waals surface area (Å²) in [5.41, 5.74) is 4.86. The van der Waals surface area contributed by atoms with E-state index in [1.165, 1.54) is 0 Å². The Morgan fingerprint density at radius 2 is 1.62 bits per heavy atom. The monoisotopic (exact) mass is 313 g/mol. The van der Waals surface area contributed by atoms with Gasteiger partial charge in [-0.2, -0.15) is 0 Å². The molecule has 103 valence electrons. The van der Waals surface area contributed by atoms with Crippen LogP contribution in [-0.4, -0.2) is 9.97 Å². The molecule has 2 nitrogen and oxygen atoms in total. The van der Waals surface area contributed by atoms with Gasteiger partial charge in [-0.3, -0.25) is 0 Å². The van der Waals surface area contributed by atoms with Crippen molar-refractivity contribution >= 4 is 23.2 Å². The summed E-state index contributed by atoms with van der Waals surface area (Å²) in [5.74, 6) is 0. The van der Waals surface area contributed by atoms with E-state index in [-0.39, 0.29) is 0 Å². The molecule has 0 saturated heterocycles. The number of hydrogen-bond acceptors (Lipinski definition) is 2. The SMILES string of the molecule is Cc1cc(Cl)ccc1-c1n[c]ncc1-c1ccc(Cl)cc1. The summed E-state index contributed by atoms with van der Waals surface area (Å²) in [5, 5.41) is 1.41. The zero-order chi connectivity index (χ0) is 14.8. The molecule has 0 aliphatic carbocycles. The van der Waals surface area contributed by atoms with Gasteiger partial charge < -0.3 is 0 Å². The smallest absolute Gasteiger partial charge is 0.198 e. The lowest BCUT2D eigenvalue weighted by molar-refractivity contribution is 1.15. The zero-order valence-corrected chi connectivity index (χ0v) is 12.8. The van der Waals surface area contributed by atoms with E-state index in [0.717, 1.165) is 27.9 Å². The van der Waals surface area contributed by atoms with Crippen molar-refractivity contribution in [3.05, 3.63) is 70.6 Å². The molecule has 1 aromatic heterocycles. The second-order valence-electron chi connectivity index (χ2n) is 4.70. The Kier molecular flexibility index (Phi) is 3.91. The lowest BCUT2D eigenvalue weighted by Gasteiger charge is -2.10. The first-order chi connectivity index (χ1) is 10.1. The number of aryl methyl sites for hydroxylation is 1. The van der Waals surface area contributed by atoms with Gasteiger partial charge in [0, 0.05) is 27.4 Å². The lowest BCUT2D eigenvalue weighted by atomic mass is 9.98. The fourth-order valence-corrected chi connectivity index (χ4v) is 2.59. The minimum atomic E-state index is 0.700. The van der Waals surface area contributed by atoms with E-state index in [2.05, 4.69) is 16.3 Å². The highest BCUT2D eigenvalue weighted by atomic mass is 35.5. The third-order valence-electron chi connectivity index (χ3n) is 3.27. The first-order valence-electron chi connectivity index (χ1n) is 6.41. The first kappa shape index (κ1) is 14.1. The van der Waals surface area contributed by atoms with Gasteiger partial charge in [-0.25, -0.2) is 9.97 Å². The number of aromatic nitrogens is 2. The van der Waals surface area contributed by atoms with Crippen molar-refractivity contribution in [2.24, 2.45) is 0 Å². The normalized spacial score (nSPS) is 10.6. The first-order valence-corrected chi connectivity index (χ1v) is 7.16. The van der Waals surface area contributed by atoms with E-state index in [0.29, 0.717) is 10.0 Å².